The zero-order valence-electron chi connectivity index (χ0n) is 16.0. The summed E-state index contributed by atoms with van der Waals surface area (Å²) in [4.78, 5) is 23.7. The Kier molecular flexibility index (Phi) is 7.17. The molecule has 1 saturated heterocycles. The van der Waals surface area contributed by atoms with E-state index in [1.54, 1.807) is 24.3 Å². The van der Waals surface area contributed by atoms with E-state index in [1.807, 2.05) is 19.1 Å². The molecule has 30 heavy (non-hydrogen) atoms. The van der Waals surface area contributed by atoms with Gasteiger partial charge >= 0.3 is 5.97 Å². The van der Waals surface area contributed by atoms with Gasteiger partial charge in [-0.2, -0.15) is 0 Å². The molecule has 10 heteroatoms. The second-order valence-electron chi connectivity index (χ2n) is 6.30. The molecule has 1 atom stereocenters. The van der Waals surface area contributed by atoms with Crippen LogP contribution >= 0.6 is 39.3 Å². The molecule has 0 aliphatic carbocycles. The van der Waals surface area contributed by atoms with Crippen LogP contribution in [0.3, 0.4) is 0 Å². The van der Waals surface area contributed by atoms with Gasteiger partial charge in [0, 0.05) is 10.7 Å². The number of hydrogen-bond donors (Lipinski definition) is 3. The number of anilines is 1. The fraction of sp³-hybridized carbons (Fsp3) is 0.200. The third kappa shape index (κ3) is 5.41. The first-order valence-electron chi connectivity index (χ1n) is 8.71. The van der Waals surface area contributed by atoms with Crippen molar-refractivity contribution in [3.8, 4) is 11.5 Å². The SMILES string of the molecule is COc1cc(/C=C2\SC(Nc3ccc(Cl)cc3C)NC2=O)cc(Br)c1OCC(=O)O. The molecule has 2 aromatic rings. The van der Waals surface area contributed by atoms with Gasteiger partial charge in [0.2, 0.25) is 0 Å². The van der Waals surface area contributed by atoms with Crippen molar-refractivity contribution in [2.45, 2.75) is 12.4 Å². The molecule has 158 valence electrons. The van der Waals surface area contributed by atoms with Gasteiger partial charge in [0.05, 0.1) is 16.5 Å². The first kappa shape index (κ1) is 22.3. The number of carbonyl (C=O) groups is 2. The lowest BCUT2D eigenvalue weighted by molar-refractivity contribution is -0.139. The fourth-order valence-corrected chi connectivity index (χ4v) is 4.52. The summed E-state index contributed by atoms with van der Waals surface area (Å²) in [7, 11) is 1.46. The predicted molar refractivity (Wildman–Crippen MR) is 121 cm³/mol. The van der Waals surface area contributed by atoms with Gasteiger partial charge in [-0.15, -0.1) is 0 Å². The number of thioether (sulfide) groups is 1. The molecule has 1 heterocycles. The molecular weight excluding hydrogens is 496 g/mol. The molecule has 1 unspecified atom stereocenters. The van der Waals surface area contributed by atoms with E-state index in [-0.39, 0.29) is 17.2 Å². The molecule has 1 aliphatic heterocycles. The summed E-state index contributed by atoms with van der Waals surface area (Å²) < 4.78 is 11.1. The standard InChI is InChI=1S/C20H18BrClN2O5S/c1-10-5-12(22)3-4-14(10)23-20-24-19(27)16(30-20)8-11-6-13(21)18(15(7-11)28-2)29-9-17(25)26/h3-8,20,23H,9H2,1-2H3,(H,24,27)(H,25,26)/b16-8-. The van der Waals surface area contributed by atoms with Crippen LogP contribution in [0.2, 0.25) is 5.02 Å². The van der Waals surface area contributed by atoms with Crippen LogP contribution in [0.25, 0.3) is 6.08 Å². The van der Waals surface area contributed by atoms with Crippen molar-refractivity contribution in [2.24, 2.45) is 0 Å². The van der Waals surface area contributed by atoms with Gasteiger partial charge < -0.3 is 25.2 Å². The Morgan fingerprint density at radius 1 is 1.40 bits per heavy atom. The minimum atomic E-state index is -1.09. The third-order valence-electron chi connectivity index (χ3n) is 4.10. The molecule has 0 bridgehead atoms. The molecule has 0 radical (unpaired) electrons. The average Bonchev–Trinajstić information content (AvgIpc) is 3.01. The maximum absolute atomic E-state index is 12.4. The molecular formula is C20H18BrClN2O5S. The van der Waals surface area contributed by atoms with Gasteiger partial charge in [-0.1, -0.05) is 23.4 Å². The van der Waals surface area contributed by atoms with Crippen molar-refractivity contribution in [3.05, 3.63) is 55.9 Å². The van der Waals surface area contributed by atoms with E-state index in [1.165, 1.54) is 18.9 Å². The number of benzene rings is 2. The monoisotopic (exact) mass is 512 g/mol. The Hall–Kier alpha value is -2.36. The summed E-state index contributed by atoms with van der Waals surface area (Å²) in [5.41, 5.74) is 2.22. The first-order chi connectivity index (χ1) is 14.3. The number of aliphatic carboxylic acids is 1. The van der Waals surface area contributed by atoms with Crippen LogP contribution in [0.1, 0.15) is 11.1 Å². The summed E-state index contributed by atoms with van der Waals surface area (Å²) in [6, 6.07) is 8.90. The summed E-state index contributed by atoms with van der Waals surface area (Å²) in [5, 5.41) is 15.6. The van der Waals surface area contributed by atoms with E-state index in [0.717, 1.165) is 11.3 Å². The number of halogens is 2. The highest BCUT2D eigenvalue weighted by Crippen LogP contribution is 2.38. The summed E-state index contributed by atoms with van der Waals surface area (Å²) >= 11 is 10.7. The van der Waals surface area contributed by atoms with Crippen LogP contribution in [0.5, 0.6) is 11.5 Å². The number of hydrogen-bond acceptors (Lipinski definition) is 6. The highest BCUT2D eigenvalue weighted by Gasteiger charge is 2.27. The van der Waals surface area contributed by atoms with Gasteiger partial charge in [-0.3, -0.25) is 4.79 Å². The van der Waals surface area contributed by atoms with Gasteiger partial charge in [0.15, 0.2) is 23.6 Å². The number of carboxylic acids is 1. The van der Waals surface area contributed by atoms with Crippen LogP contribution in [0.15, 0.2) is 39.7 Å². The van der Waals surface area contributed by atoms with E-state index >= 15 is 0 Å². The van der Waals surface area contributed by atoms with Gasteiger partial charge in [0.1, 0.15) is 0 Å². The van der Waals surface area contributed by atoms with E-state index in [0.29, 0.717) is 25.7 Å². The lowest BCUT2D eigenvalue weighted by Gasteiger charge is -2.15. The Morgan fingerprint density at radius 2 is 2.17 bits per heavy atom. The zero-order chi connectivity index (χ0) is 21.8. The molecule has 1 amide bonds. The van der Waals surface area contributed by atoms with Gasteiger partial charge in [-0.05, 0) is 70.4 Å². The van der Waals surface area contributed by atoms with Crippen molar-refractivity contribution in [3.63, 3.8) is 0 Å². The average molecular weight is 514 g/mol. The highest BCUT2D eigenvalue weighted by atomic mass is 79.9. The van der Waals surface area contributed by atoms with Crippen LogP contribution in [-0.2, 0) is 9.59 Å². The zero-order valence-corrected chi connectivity index (χ0v) is 19.2. The van der Waals surface area contributed by atoms with Gasteiger partial charge in [0.25, 0.3) is 5.91 Å². The Morgan fingerprint density at radius 3 is 2.83 bits per heavy atom. The number of carboxylic acid groups (broad SMARTS) is 1. The van der Waals surface area contributed by atoms with Crippen molar-refractivity contribution in [1.29, 1.82) is 0 Å². The second kappa shape index (κ2) is 9.63. The molecule has 1 fully saturated rings. The molecule has 7 nitrogen and oxygen atoms in total. The summed E-state index contributed by atoms with van der Waals surface area (Å²) in [6.07, 6.45) is 1.73. The lowest BCUT2D eigenvalue weighted by Crippen LogP contribution is -2.31. The number of aryl methyl sites for hydroxylation is 1. The molecule has 3 rings (SSSR count). The normalized spacial score (nSPS) is 17.0. The smallest absolute Gasteiger partial charge is 0.341 e. The maximum Gasteiger partial charge on any atom is 0.341 e. The number of ether oxygens (including phenoxy) is 2. The Labute approximate surface area is 190 Å². The topological polar surface area (TPSA) is 96.9 Å². The van der Waals surface area contributed by atoms with E-state index in [4.69, 9.17) is 26.2 Å². The predicted octanol–water partition coefficient (Wildman–Crippen LogP) is 4.48. The van der Waals surface area contributed by atoms with Crippen molar-refractivity contribution in [2.75, 3.05) is 19.0 Å². The van der Waals surface area contributed by atoms with Crippen LogP contribution in [0, 0.1) is 6.92 Å². The van der Waals surface area contributed by atoms with Crippen molar-refractivity contribution >= 4 is 62.9 Å². The molecule has 3 N–H and O–H groups in total. The second-order valence-corrected chi connectivity index (χ2v) is 8.74. The van der Waals surface area contributed by atoms with Crippen LogP contribution in [0.4, 0.5) is 5.69 Å². The van der Waals surface area contributed by atoms with Crippen molar-refractivity contribution in [1.82, 2.24) is 5.32 Å². The number of rotatable bonds is 7. The number of methoxy groups -OCH3 is 1. The third-order valence-corrected chi connectivity index (χ3v) is 5.95. The Bertz CT molecular complexity index is 1030. The first-order valence-corrected chi connectivity index (χ1v) is 10.8. The fourth-order valence-electron chi connectivity index (χ4n) is 2.74. The Balaban J connectivity index is 1.78. The minimum Gasteiger partial charge on any atom is -0.493 e. The number of carbonyl (C=O) groups excluding carboxylic acids is 1. The van der Waals surface area contributed by atoms with Crippen LogP contribution in [-0.4, -0.2) is 36.2 Å². The lowest BCUT2D eigenvalue weighted by atomic mass is 10.2. The number of nitrogens with one attached hydrogen (secondary N) is 2. The van der Waals surface area contributed by atoms with E-state index in [2.05, 4.69) is 26.6 Å². The highest BCUT2D eigenvalue weighted by molar-refractivity contribution is 9.10. The number of amides is 1. The molecule has 0 aromatic heterocycles. The largest absolute Gasteiger partial charge is 0.493 e. The van der Waals surface area contributed by atoms with Gasteiger partial charge in [-0.25, -0.2) is 4.79 Å². The van der Waals surface area contributed by atoms with Crippen LogP contribution < -0.4 is 20.1 Å². The maximum atomic E-state index is 12.4. The molecule has 0 spiro atoms. The molecule has 1 aliphatic rings. The summed E-state index contributed by atoms with van der Waals surface area (Å²) in [6.45, 7) is 1.44. The van der Waals surface area contributed by atoms with E-state index in [9.17, 15) is 9.59 Å². The van der Waals surface area contributed by atoms with E-state index < -0.39 is 12.6 Å². The quantitative estimate of drug-likeness (QED) is 0.470. The molecule has 2 aromatic carbocycles. The summed E-state index contributed by atoms with van der Waals surface area (Å²) in [5.74, 6) is -0.662. The minimum absolute atomic E-state index is 0.203. The molecule has 0 saturated carbocycles. The van der Waals surface area contributed by atoms with Crippen molar-refractivity contribution < 1.29 is 24.2 Å².